The van der Waals surface area contributed by atoms with Gasteiger partial charge in [0, 0.05) is 32.4 Å². The largest absolute Gasteiger partial charge is 0.397 e. The lowest BCUT2D eigenvalue weighted by molar-refractivity contribution is 0.0596. The van der Waals surface area contributed by atoms with E-state index in [0.717, 1.165) is 18.7 Å². The summed E-state index contributed by atoms with van der Waals surface area (Å²) in [6.07, 6.45) is 3.21. The van der Waals surface area contributed by atoms with Gasteiger partial charge in [0.2, 0.25) is 0 Å². The van der Waals surface area contributed by atoms with Crippen LogP contribution in [0, 0.1) is 6.92 Å². The van der Waals surface area contributed by atoms with Crippen molar-refractivity contribution in [2.24, 2.45) is 0 Å². The number of amides is 1. The van der Waals surface area contributed by atoms with E-state index < -0.39 is 0 Å². The van der Waals surface area contributed by atoms with Gasteiger partial charge in [-0.2, -0.15) is 0 Å². The van der Waals surface area contributed by atoms with Gasteiger partial charge in [-0.05, 0) is 23.6 Å². The molecular formula is C24H26N4O. The third kappa shape index (κ3) is 4.00. The van der Waals surface area contributed by atoms with Gasteiger partial charge in [0.25, 0.3) is 5.91 Å². The van der Waals surface area contributed by atoms with Crippen molar-refractivity contribution in [3.05, 3.63) is 95.3 Å². The third-order valence-corrected chi connectivity index (χ3v) is 5.68. The van der Waals surface area contributed by atoms with Crippen molar-refractivity contribution in [1.82, 2.24) is 14.8 Å². The maximum Gasteiger partial charge on any atom is 0.255 e. The second-order valence-electron chi connectivity index (χ2n) is 7.45. The molecule has 0 aliphatic carbocycles. The molecule has 0 bridgehead atoms. The monoisotopic (exact) mass is 386 g/mol. The van der Waals surface area contributed by atoms with Crippen LogP contribution in [0.15, 0.2) is 73.1 Å². The van der Waals surface area contributed by atoms with Crippen molar-refractivity contribution in [1.29, 1.82) is 0 Å². The van der Waals surface area contributed by atoms with Crippen LogP contribution in [0.3, 0.4) is 0 Å². The van der Waals surface area contributed by atoms with Gasteiger partial charge in [-0.1, -0.05) is 60.7 Å². The molecule has 0 radical (unpaired) electrons. The average molecular weight is 386 g/mol. The highest BCUT2D eigenvalue weighted by atomic mass is 16.2. The average Bonchev–Trinajstić information content (AvgIpc) is 2.77. The van der Waals surface area contributed by atoms with Crippen molar-refractivity contribution >= 4 is 11.6 Å². The molecule has 1 aromatic heterocycles. The normalized spacial score (nSPS) is 14.9. The van der Waals surface area contributed by atoms with Gasteiger partial charge in [0.15, 0.2) is 0 Å². The topological polar surface area (TPSA) is 62.5 Å². The smallest absolute Gasteiger partial charge is 0.255 e. The number of piperazine rings is 1. The third-order valence-electron chi connectivity index (χ3n) is 5.68. The van der Waals surface area contributed by atoms with E-state index in [1.165, 1.54) is 11.1 Å². The number of benzene rings is 2. The molecule has 2 aromatic carbocycles. The molecule has 1 aliphatic rings. The summed E-state index contributed by atoms with van der Waals surface area (Å²) in [6, 6.07) is 21.3. The second kappa shape index (κ2) is 8.45. The number of hydrogen-bond acceptors (Lipinski definition) is 4. The molecule has 1 aliphatic heterocycles. The van der Waals surface area contributed by atoms with Gasteiger partial charge in [-0.15, -0.1) is 0 Å². The molecule has 0 spiro atoms. The van der Waals surface area contributed by atoms with Crippen molar-refractivity contribution in [3.63, 3.8) is 0 Å². The van der Waals surface area contributed by atoms with Crippen LogP contribution in [0.4, 0.5) is 5.69 Å². The van der Waals surface area contributed by atoms with Crippen molar-refractivity contribution in [2.75, 3.05) is 31.9 Å². The summed E-state index contributed by atoms with van der Waals surface area (Å²) in [7, 11) is 0. The Hall–Kier alpha value is -3.18. The number of rotatable bonds is 4. The Morgan fingerprint density at radius 1 is 0.897 bits per heavy atom. The van der Waals surface area contributed by atoms with E-state index in [-0.39, 0.29) is 11.9 Å². The number of nitrogens with two attached hydrogens (primary N) is 1. The van der Waals surface area contributed by atoms with Crippen LogP contribution in [0.25, 0.3) is 0 Å². The predicted octanol–water partition coefficient (Wildman–Crippen LogP) is 3.52. The minimum Gasteiger partial charge on any atom is -0.397 e. The molecule has 2 N–H and O–H groups in total. The maximum absolute atomic E-state index is 13.0. The lowest BCUT2D eigenvalue weighted by atomic mass is 9.96. The molecule has 5 heteroatoms. The highest BCUT2D eigenvalue weighted by molar-refractivity contribution is 5.96. The van der Waals surface area contributed by atoms with Gasteiger partial charge in [0.05, 0.1) is 23.5 Å². The van der Waals surface area contributed by atoms with Gasteiger partial charge in [0.1, 0.15) is 0 Å². The van der Waals surface area contributed by atoms with Gasteiger partial charge < -0.3 is 10.6 Å². The number of aromatic nitrogens is 1. The van der Waals surface area contributed by atoms with Gasteiger partial charge in [-0.25, -0.2) is 0 Å². The van der Waals surface area contributed by atoms with E-state index in [0.29, 0.717) is 24.3 Å². The molecule has 4 rings (SSSR count). The Labute approximate surface area is 171 Å². The van der Waals surface area contributed by atoms with Crippen LogP contribution in [-0.4, -0.2) is 46.9 Å². The summed E-state index contributed by atoms with van der Waals surface area (Å²) >= 11 is 0. The zero-order valence-corrected chi connectivity index (χ0v) is 16.7. The summed E-state index contributed by atoms with van der Waals surface area (Å²) in [5.74, 6) is 0.0120. The van der Waals surface area contributed by atoms with Crippen LogP contribution in [0.2, 0.25) is 0 Å². The number of pyridine rings is 1. The Morgan fingerprint density at radius 3 is 2.00 bits per heavy atom. The summed E-state index contributed by atoms with van der Waals surface area (Å²) < 4.78 is 0. The van der Waals surface area contributed by atoms with E-state index in [4.69, 9.17) is 5.73 Å². The standard InChI is InChI=1S/C24H26N4O/c1-18-21(16-26-17-22(18)25)24(29)28-14-12-27(13-15-28)23(19-8-4-2-5-9-19)20-10-6-3-7-11-20/h2-11,16-17,23H,12-15,25H2,1H3. The van der Waals surface area contributed by atoms with Crippen LogP contribution < -0.4 is 5.73 Å². The van der Waals surface area contributed by atoms with Crippen LogP contribution in [-0.2, 0) is 0 Å². The molecule has 0 atom stereocenters. The van der Waals surface area contributed by atoms with Crippen LogP contribution >= 0.6 is 0 Å². The Morgan fingerprint density at radius 2 is 1.45 bits per heavy atom. The molecule has 148 valence electrons. The first-order chi connectivity index (χ1) is 14.1. The number of nitrogen functional groups attached to an aromatic ring is 1. The molecule has 1 amide bonds. The molecule has 29 heavy (non-hydrogen) atoms. The fourth-order valence-electron chi connectivity index (χ4n) is 4.00. The molecule has 0 saturated carbocycles. The van der Waals surface area contributed by atoms with E-state index >= 15 is 0 Å². The minimum atomic E-state index is 0.0120. The molecular weight excluding hydrogens is 360 g/mol. The molecule has 1 fully saturated rings. The number of carbonyl (C=O) groups is 1. The van der Waals surface area contributed by atoms with Crippen molar-refractivity contribution < 1.29 is 4.79 Å². The van der Waals surface area contributed by atoms with E-state index in [1.807, 2.05) is 24.0 Å². The summed E-state index contributed by atoms with van der Waals surface area (Å²) in [6.45, 7) is 4.87. The van der Waals surface area contributed by atoms with Crippen molar-refractivity contribution in [3.8, 4) is 0 Å². The summed E-state index contributed by atoms with van der Waals surface area (Å²) in [4.78, 5) is 21.5. The molecule has 1 saturated heterocycles. The fraction of sp³-hybridized carbons (Fsp3) is 0.250. The maximum atomic E-state index is 13.0. The molecule has 3 aromatic rings. The first kappa shape index (κ1) is 19.2. The zero-order chi connectivity index (χ0) is 20.2. The highest BCUT2D eigenvalue weighted by Crippen LogP contribution is 2.29. The Balaban J connectivity index is 1.53. The first-order valence-corrected chi connectivity index (χ1v) is 9.98. The Bertz CT molecular complexity index is 927. The number of anilines is 1. The quantitative estimate of drug-likeness (QED) is 0.745. The van der Waals surface area contributed by atoms with Crippen molar-refractivity contribution in [2.45, 2.75) is 13.0 Å². The van der Waals surface area contributed by atoms with Gasteiger partial charge >= 0.3 is 0 Å². The fourth-order valence-corrected chi connectivity index (χ4v) is 4.00. The Kier molecular flexibility index (Phi) is 5.58. The highest BCUT2D eigenvalue weighted by Gasteiger charge is 2.29. The lowest BCUT2D eigenvalue weighted by Gasteiger charge is -2.40. The molecule has 5 nitrogen and oxygen atoms in total. The molecule has 0 unspecified atom stereocenters. The number of hydrogen-bond donors (Lipinski definition) is 1. The summed E-state index contributed by atoms with van der Waals surface area (Å²) in [5, 5.41) is 0. The first-order valence-electron chi connectivity index (χ1n) is 9.98. The van der Waals surface area contributed by atoms with Gasteiger partial charge in [-0.3, -0.25) is 14.7 Å². The SMILES string of the molecule is Cc1c(N)cncc1C(=O)N1CCN(C(c2ccccc2)c2ccccc2)CC1. The van der Waals surface area contributed by atoms with E-state index in [2.05, 4.69) is 58.4 Å². The van der Waals surface area contributed by atoms with Crippen LogP contribution in [0.1, 0.15) is 33.1 Å². The zero-order valence-electron chi connectivity index (χ0n) is 16.7. The predicted molar refractivity (Wildman–Crippen MR) is 116 cm³/mol. The van der Waals surface area contributed by atoms with E-state index in [1.54, 1.807) is 12.4 Å². The summed E-state index contributed by atoms with van der Waals surface area (Å²) in [5.41, 5.74) is 10.4. The second-order valence-corrected chi connectivity index (χ2v) is 7.45. The lowest BCUT2D eigenvalue weighted by Crippen LogP contribution is -2.50. The van der Waals surface area contributed by atoms with Crippen LogP contribution in [0.5, 0.6) is 0 Å². The number of nitrogens with zero attached hydrogens (tertiary/aromatic N) is 3. The van der Waals surface area contributed by atoms with E-state index in [9.17, 15) is 4.79 Å². The number of carbonyl (C=O) groups excluding carboxylic acids is 1. The molecule has 2 heterocycles. The minimum absolute atomic E-state index is 0.0120.